The van der Waals surface area contributed by atoms with Crippen molar-refractivity contribution in [2.75, 3.05) is 17.7 Å². The van der Waals surface area contributed by atoms with Crippen molar-refractivity contribution in [1.29, 1.82) is 0 Å². The maximum absolute atomic E-state index is 13.2. The largest absolute Gasteiger partial charge is 0.504 e. The number of hydrogen-bond acceptors (Lipinski definition) is 7. The molecular formula is C21H24N4O3S. The molecule has 1 atom stereocenters. The Labute approximate surface area is 174 Å². The molecule has 1 aliphatic carbocycles. The SMILES string of the molecule is CCOc1cc(C2C3=C(CC(C)(C)CC3=O)Nc3nc(=S)[nH]c(N)c32)ccc1O. The number of aromatic amines is 1. The first kappa shape index (κ1) is 19.4. The smallest absolute Gasteiger partial charge is 0.200 e. The Kier molecular flexibility index (Phi) is 4.61. The number of hydrogen-bond donors (Lipinski definition) is 4. The predicted molar refractivity (Wildman–Crippen MR) is 114 cm³/mol. The summed E-state index contributed by atoms with van der Waals surface area (Å²) in [5.41, 5.74) is 9.16. The number of H-pyrrole nitrogens is 1. The van der Waals surface area contributed by atoms with Crippen molar-refractivity contribution >= 4 is 29.6 Å². The molecule has 0 amide bonds. The molecular weight excluding hydrogens is 388 g/mol. The van der Waals surface area contributed by atoms with E-state index in [9.17, 15) is 9.90 Å². The number of phenolic OH excluding ortho intramolecular Hbond substituents is 1. The van der Waals surface area contributed by atoms with Crippen molar-refractivity contribution < 1.29 is 14.6 Å². The molecule has 1 aliphatic heterocycles. The number of fused-ring (bicyclic) bond motifs is 1. The molecule has 0 bridgehead atoms. The van der Waals surface area contributed by atoms with Gasteiger partial charge in [0.2, 0.25) is 0 Å². The van der Waals surface area contributed by atoms with E-state index in [0.29, 0.717) is 48.0 Å². The van der Waals surface area contributed by atoms with Crippen molar-refractivity contribution in [3.05, 3.63) is 45.4 Å². The summed E-state index contributed by atoms with van der Waals surface area (Å²) in [5.74, 6) is 0.996. The molecule has 2 aliphatic rings. The number of ether oxygens (including phenoxy) is 1. The molecule has 7 nitrogen and oxygen atoms in total. The van der Waals surface area contributed by atoms with Gasteiger partial charge in [0.25, 0.3) is 0 Å². The fourth-order valence-electron chi connectivity index (χ4n) is 4.27. The van der Waals surface area contributed by atoms with Crippen LogP contribution < -0.4 is 15.8 Å². The number of ketones is 1. The van der Waals surface area contributed by atoms with E-state index < -0.39 is 5.92 Å². The van der Waals surface area contributed by atoms with Gasteiger partial charge < -0.3 is 25.9 Å². The first-order valence-electron chi connectivity index (χ1n) is 9.59. The summed E-state index contributed by atoms with van der Waals surface area (Å²) >= 11 is 5.20. The van der Waals surface area contributed by atoms with Gasteiger partial charge in [-0.05, 0) is 48.7 Å². The Balaban J connectivity index is 1.97. The van der Waals surface area contributed by atoms with E-state index in [-0.39, 0.29) is 21.7 Å². The molecule has 1 aromatic carbocycles. The van der Waals surface area contributed by atoms with Gasteiger partial charge >= 0.3 is 0 Å². The summed E-state index contributed by atoms with van der Waals surface area (Å²) in [6.45, 7) is 6.42. The van der Waals surface area contributed by atoms with E-state index in [1.54, 1.807) is 18.2 Å². The molecule has 2 aromatic rings. The van der Waals surface area contributed by atoms with Crippen LogP contribution in [0.1, 0.15) is 50.7 Å². The number of nitrogens with two attached hydrogens (primary N) is 1. The third-order valence-corrected chi connectivity index (χ3v) is 5.58. The third kappa shape index (κ3) is 3.37. The van der Waals surface area contributed by atoms with Crippen LogP contribution in [0.15, 0.2) is 29.5 Å². The molecule has 2 heterocycles. The second-order valence-corrected chi connectivity index (χ2v) is 8.66. The van der Waals surface area contributed by atoms with Crippen molar-refractivity contribution in [3.8, 4) is 11.5 Å². The van der Waals surface area contributed by atoms with E-state index in [0.717, 1.165) is 11.3 Å². The number of nitrogens with zero attached hydrogens (tertiary/aromatic N) is 1. The third-order valence-electron chi connectivity index (χ3n) is 5.38. The van der Waals surface area contributed by atoms with E-state index in [1.165, 1.54) is 0 Å². The van der Waals surface area contributed by atoms with Gasteiger partial charge in [0.15, 0.2) is 22.1 Å². The minimum absolute atomic E-state index is 0.0497. The molecule has 0 saturated heterocycles. The summed E-state index contributed by atoms with van der Waals surface area (Å²) in [4.78, 5) is 20.6. The molecule has 0 spiro atoms. The van der Waals surface area contributed by atoms with Crippen molar-refractivity contribution in [2.45, 2.75) is 39.5 Å². The zero-order valence-corrected chi connectivity index (χ0v) is 17.4. The fraction of sp³-hybridized carbons (Fsp3) is 0.381. The lowest BCUT2D eigenvalue weighted by Crippen LogP contribution is -2.34. The summed E-state index contributed by atoms with van der Waals surface area (Å²) in [7, 11) is 0. The zero-order chi connectivity index (χ0) is 20.9. The molecule has 1 unspecified atom stereocenters. The Morgan fingerprint density at radius 1 is 1.38 bits per heavy atom. The highest BCUT2D eigenvalue weighted by Crippen LogP contribution is 2.50. The Bertz CT molecular complexity index is 1100. The van der Waals surface area contributed by atoms with Gasteiger partial charge in [-0.25, -0.2) is 4.98 Å². The monoisotopic (exact) mass is 412 g/mol. The van der Waals surface area contributed by atoms with Crippen LogP contribution in [0.25, 0.3) is 0 Å². The van der Waals surface area contributed by atoms with Gasteiger partial charge in [-0.15, -0.1) is 0 Å². The number of phenols is 1. The number of nitrogen functional groups attached to an aromatic ring is 1. The van der Waals surface area contributed by atoms with Crippen molar-refractivity contribution in [2.24, 2.45) is 5.41 Å². The van der Waals surface area contributed by atoms with Crippen LogP contribution >= 0.6 is 12.2 Å². The van der Waals surface area contributed by atoms with E-state index in [2.05, 4.69) is 29.1 Å². The summed E-state index contributed by atoms with van der Waals surface area (Å²) in [6, 6.07) is 5.13. The van der Waals surface area contributed by atoms with Gasteiger partial charge in [-0.1, -0.05) is 19.9 Å². The summed E-state index contributed by atoms with van der Waals surface area (Å²) in [5, 5.41) is 13.4. The average molecular weight is 413 g/mol. The molecule has 5 N–H and O–H groups in total. The Morgan fingerprint density at radius 3 is 2.86 bits per heavy atom. The number of carbonyl (C=O) groups excluding carboxylic acids is 1. The molecule has 0 radical (unpaired) electrons. The van der Waals surface area contributed by atoms with Gasteiger partial charge in [0.1, 0.15) is 11.6 Å². The van der Waals surface area contributed by atoms with Gasteiger partial charge in [0, 0.05) is 29.2 Å². The number of carbonyl (C=O) groups is 1. The van der Waals surface area contributed by atoms with Crippen LogP contribution in [0.2, 0.25) is 0 Å². The number of aromatic nitrogens is 2. The highest BCUT2D eigenvalue weighted by Gasteiger charge is 2.42. The molecule has 0 saturated carbocycles. The van der Waals surface area contributed by atoms with Gasteiger partial charge in [-0.3, -0.25) is 4.79 Å². The first-order valence-corrected chi connectivity index (χ1v) is 9.99. The lowest BCUT2D eigenvalue weighted by molar-refractivity contribution is -0.118. The minimum atomic E-state index is -0.427. The van der Waals surface area contributed by atoms with Crippen molar-refractivity contribution in [3.63, 3.8) is 0 Å². The lowest BCUT2D eigenvalue weighted by atomic mass is 9.69. The summed E-state index contributed by atoms with van der Waals surface area (Å²) in [6.07, 6.45) is 1.17. The van der Waals surface area contributed by atoms with E-state index >= 15 is 0 Å². The number of aromatic hydroxyl groups is 1. The molecule has 8 heteroatoms. The standard InChI is InChI=1S/C21H24N4O3S/c1-4-28-14-7-10(5-6-12(14)26)15-16-11(8-21(2,3)9-13(16)27)23-19-17(15)18(22)24-20(29)25-19/h5-7,15,26H,4,8-9H2,1-3H3,(H4,22,23,24,25,29). The molecule has 0 fully saturated rings. The fourth-order valence-corrected chi connectivity index (χ4v) is 4.47. The number of Topliss-reactive ketones (excluding diaryl/α,β-unsaturated/α-hetero) is 1. The first-order chi connectivity index (χ1) is 13.7. The Hall–Kier alpha value is -2.87. The van der Waals surface area contributed by atoms with Gasteiger partial charge in [0.05, 0.1) is 6.61 Å². The van der Waals surface area contributed by atoms with Crippen LogP contribution in [0, 0.1) is 10.2 Å². The lowest BCUT2D eigenvalue weighted by Gasteiger charge is -2.39. The topological polar surface area (TPSA) is 113 Å². The quantitative estimate of drug-likeness (QED) is 0.563. The molecule has 29 heavy (non-hydrogen) atoms. The van der Waals surface area contributed by atoms with E-state index in [4.69, 9.17) is 22.7 Å². The minimum Gasteiger partial charge on any atom is -0.504 e. The average Bonchev–Trinajstić information content (AvgIpc) is 2.60. The maximum Gasteiger partial charge on any atom is 0.200 e. The van der Waals surface area contributed by atoms with Crippen LogP contribution in [0.4, 0.5) is 11.6 Å². The highest BCUT2D eigenvalue weighted by atomic mass is 32.1. The highest BCUT2D eigenvalue weighted by molar-refractivity contribution is 7.71. The number of benzene rings is 1. The molecule has 1 aromatic heterocycles. The van der Waals surface area contributed by atoms with E-state index in [1.807, 2.05) is 6.92 Å². The normalized spacial score (nSPS) is 20.0. The predicted octanol–water partition coefficient (Wildman–Crippen LogP) is 4.03. The molecule has 4 rings (SSSR count). The van der Waals surface area contributed by atoms with Crippen LogP contribution in [-0.2, 0) is 4.79 Å². The van der Waals surface area contributed by atoms with Crippen LogP contribution in [-0.4, -0.2) is 27.5 Å². The maximum atomic E-state index is 13.2. The number of anilines is 2. The number of allylic oxidation sites excluding steroid dienone is 2. The number of nitrogens with one attached hydrogen (secondary N) is 2. The summed E-state index contributed by atoms with van der Waals surface area (Å²) < 4.78 is 5.84. The van der Waals surface area contributed by atoms with Crippen LogP contribution in [0.5, 0.6) is 11.5 Å². The second kappa shape index (κ2) is 6.88. The second-order valence-electron chi connectivity index (χ2n) is 8.27. The van der Waals surface area contributed by atoms with Gasteiger partial charge in [-0.2, -0.15) is 0 Å². The molecule has 152 valence electrons. The zero-order valence-electron chi connectivity index (χ0n) is 16.6. The van der Waals surface area contributed by atoms with Crippen molar-refractivity contribution in [1.82, 2.24) is 9.97 Å². The Morgan fingerprint density at radius 2 is 2.14 bits per heavy atom. The van der Waals surface area contributed by atoms with Crippen LogP contribution in [0.3, 0.4) is 0 Å². The number of rotatable bonds is 3.